The zero-order chi connectivity index (χ0) is 15.2. The molecule has 1 aromatic carbocycles. The summed E-state index contributed by atoms with van der Waals surface area (Å²) >= 11 is 0. The minimum absolute atomic E-state index is 0.127. The van der Waals surface area contributed by atoms with Crippen LogP contribution >= 0.6 is 0 Å². The summed E-state index contributed by atoms with van der Waals surface area (Å²) in [5, 5.41) is 14.0. The molecule has 0 bridgehead atoms. The minimum Gasteiger partial charge on any atom is -0.550 e. The molecule has 2 heterocycles. The van der Waals surface area contributed by atoms with Gasteiger partial charge in [0, 0.05) is 18.6 Å². The Morgan fingerprint density at radius 3 is 2.76 bits per heavy atom. The number of para-hydroxylation sites is 1. The Labute approximate surface area is 122 Å². The van der Waals surface area contributed by atoms with Crippen LogP contribution in [-0.4, -0.2) is 18.4 Å². The van der Waals surface area contributed by atoms with Crippen molar-refractivity contribution in [1.29, 1.82) is 0 Å². The Hall–Kier alpha value is -2.28. The average Bonchev–Trinajstić information content (AvgIpc) is 2.76. The first-order valence-electron chi connectivity index (χ1n) is 6.40. The van der Waals surface area contributed by atoms with Gasteiger partial charge in [-0.3, -0.25) is 0 Å². The van der Waals surface area contributed by atoms with Crippen LogP contribution in [0.15, 0.2) is 41.4 Å². The van der Waals surface area contributed by atoms with Gasteiger partial charge in [-0.2, -0.15) is 0 Å². The van der Waals surface area contributed by atoms with Gasteiger partial charge in [0.1, 0.15) is 4.90 Å². The number of aryl methyl sites for hydroxylation is 1. The second kappa shape index (κ2) is 4.63. The number of carboxylic acids is 1. The number of fused-ring (bicyclic) bond motifs is 2. The highest BCUT2D eigenvalue weighted by molar-refractivity contribution is 7.90. The Morgan fingerprint density at radius 2 is 2.05 bits per heavy atom. The number of nitrogens with zero attached hydrogens (tertiary/aromatic N) is 1. The van der Waals surface area contributed by atoms with Crippen molar-refractivity contribution < 1.29 is 18.3 Å². The van der Waals surface area contributed by atoms with E-state index in [0.29, 0.717) is 16.9 Å². The van der Waals surface area contributed by atoms with Crippen LogP contribution in [0.1, 0.15) is 23.7 Å². The van der Waals surface area contributed by atoms with Crippen molar-refractivity contribution in [3.05, 3.63) is 47.8 Å². The predicted octanol–water partition coefficient (Wildman–Crippen LogP) is 0.640. The number of carbonyl (C=O) groups is 1. The molecule has 7 heteroatoms. The fraction of sp³-hybridized carbons (Fsp3) is 0.214. The van der Waals surface area contributed by atoms with Crippen LogP contribution in [-0.2, 0) is 14.8 Å². The fourth-order valence-electron chi connectivity index (χ4n) is 2.64. The summed E-state index contributed by atoms with van der Waals surface area (Å²) in [5.74, 6) is -1.24. The molecular weight excluding hydrogens is 292 g/mol. The van der Waals surface area contributed by atoms with E-state index in [4.69, 9.17) is 0 Å². The molecule has 21 heavy (non-hydrogen) atoms. The lowest BCUT2D eigenvalue weighted by Gasteiger charge is -2.19. The molecule has 1 atom stereocenters. The van der Waals surface area contributed by atoms with Gasteiger partial charge in [0.15, 0.2) is 0 Å². The van der Waals surface area contributed by atoms with Crippen LogP contribution in [0.3, 0.4) is 0 Å². The van der Waals surface area contributed by atoms with Crippen LogP contribution in [0.25, 0.3) is 0 Å². The summed E-state index contributed by atoms with van der Waals surface area (Å²) in [7, 11) is -3.74. The van der Waals surface area contributed by atoms with E-state index in [1.807, 2.05) is 0 Å². The molecule has 1 aliphatic heterocycles. The van der Waals surface area contributed by atoms with Gasteiger partial charge < -0.3 is 15.2 Å². The summed E-state index contributed by atoms with van der Waals surface area (Å²) in [5.41, 5.74) is 1.53. The maximum absolute atomic E-state index is 12.7. The van der Waals surface area contributed by atoms with Gasteiger partial charge in [-0.25, -0.2) is 12.4 Å². The van der Waals surface area contributed by atoms with E-state index < -0.39 is 22.0 Å². The minimum atomic E-state index is -3.74. The predicted molar refractivity (Wildman–Crippen MR) is 74.2 cm³/mol. The third kappa shape index (κ3) is 2.09. The number of rotatable bonds is 2. The Balaban J connectivity index is 2.29. The Morgan fingerprint density at radius 1 is 1.33 bits per heavy atom. The number of aromatic nitrogens is 1. The molecular formula is C14H13N2O4S-. The SMILES string of the molecule is Cc1ccn2c1C(CC(=O)[O-])Nc1ccccc1S2(=O)=O. The van der Waals surface area contributed by atoms with Gasteiger partial charge in [-0.05, 0) is 30.7 Å². The maximum Gasteiger partial charge on any atom is 0.269 e. The number of anilines is 1. The summed E-state index contributed by atoms with van der Waals surface area (Å²) < 4.78 is 26.6. The van der Waals surface area contributed by atoms with E-state index in [1.165, 1.54) is 12.3 Å². The Kier molecular flexibility index (Phi) is 3.02. The number of hydrogen-bond donors (Lipinski definition) is 1. The standard InChI is InChI=1S/C14H14N2O4S/c1-9-6-7-16-14(9)11(8-13(17)18)15-10-4-2-3-5-12(10)21(16,19)20/h2-7,11,15H,8H2,1H3,(H,17,18)/p-1. The summed E-state index contributed by atoms with van der Waals surface area (Å²) in [6.45, 7) is 1.75. The molecule has 0 spiro atoms. The summed E-state index contributed by atoms with van der Waals surface area (Å²) in [6, 6.07) is 7.45. The van der Waals surface area contributed by atoms with Crippen molar-refractivity contribution in [1.82, 2.24) is 3.97 Å². The van der Waals surface area contributed by atoms with Crippen LogP contribution in [0.4, 0.5) is 5.69 Å². The van der Waals surface area contributed by atoms with Crippen molar-refractivity contribution in [2.45, 2.75) is 24.3 Å². The molecule has 3 rings (SSSR count). The van der Waals surface area contributed by atoms with E-state index in [9.17, 15) is 18.3 Å². The lowest BCUT2D eigenvalue weighted by atomic mass is 10.1. The molecule has 6 nitrogen and oxygen atoms in total. The lowest BCUT2D eigenvalue weighted by Crippen LogP contribution is -2.28. The van der Waals surface area contributed by atoms with E-state index >= 15 is 0 Å². The van der Waals surface area contributed by atoms with Crippen LogP contribution < -0.4 is 10.4 Å². The first kappa shape index (κ1) is 13.7. The van der Waals surface area contributed by atoms with Gasteiger partial charge in [-0.15, -0.1) is 0 Å². The van der Waals surface area contributed by atoms with E-state index in [2.05, 4.69) is 5.32 Å². The number of carbonyl (C=O) groups excluding carboxylic acids is 1. The molecule has 0 saturated carbocycles. The van der Waals surface area contributed by atoms with Crippen molar-refractivity contribution >= 4 is 21.7 Å². The highest BCUT2D eigenvalue weighted by atomic mass is 32.2. The van der Waals surface area contributed by atoms with E-state index in [-0.39, 0.29) is 11.3 Å². The third-order valence-corrected chi connectivity index (χ3v) is 5.30. The van der Waals surface area contributed by atoms with Crippen molar-refractivity contribution in [2.75, 3.05) is 5.32 Å². The third-order valence-electron chi connectivity index (χ3n) is 3.56. The highest BCUT2D eigenvalue weighted by Crippen LogP contribution is 2.36. The quantitative estimate of drug-likeness (QED) is 0.879. The number of carboxylic acid groups (broad SMARTS) is 1. The van der Waals surface area contributed by atoms with Crippen LogP contribution in [0.5, 0.6) is 0 Å². The molecule has 0 radical (unpaired) electrons. The first-order chi connectivity index (χ1) is 9.91. The molecule has 0 amide bonds. The average molecular weight is 305 g/mol. The largest absolute Gasteiger partial charge is 0.550 e. The maximum atomic E-state index is 12.7. The summed E-state index contributed by atoms with van der Waals surface area (Å²) in [6.07, 6.45) is 1.14. The smallest absolute Gasteiger partial charge is 0.269 e. The topological polar surface area (TPSA) is 91.2 Å². The number of hydrogen-bond acceptors (Lipinski definition) is 5. The number of benzene rings is 1. The first-order valence-corrected chi connectivity index (χ1v) is 7.84. The van der Waals surface area contributed by atoms with Gasteiger partial charge in [0.25, 0.3) is 10.0 Å². The van der Waals surface area contributed by atoms with Crippen molar-refractivity contribution in [3.63, 3.8) is 0 Å². The molecule has 110 valence electrons. The second-order valence-corrected chi connectivity index (χ2v) is 6.74. The molecule has 2 aromatic rings. The lowest BCUT2D eigenvalue weighted by molar-refractivity contribution is -0.306. The molecule has 0 aliphatic carbocycles. The van der Waals surface area contributed by atoms with E-state index in [1.54, 1.807) is 31.2 Å². The van der Waals surface area contributed by atoms with Crippen LogP contribution in [0.2, 0.25) is 0 Å². The van der Waals surface area contributed by atoms with Gasteiger partial charge >= 0.3 is 0 Å². The van der Waals surface area contributed by atoms with Crippen molar-refractivity contribution in [3.8, 4) is 0 Å². The molecule has 1 N–H and O–H groups in total. The van der Waals surface area contributed by atoms with E-state index in [0.717, 1.165) is 3.97 Å². The molecule has 0 saturated heterocycles. The van der Waals surface area contributed by atoms with Crippen LogP contribution in [0, 0.1) is 6.92 Å². The normalized spacial score (nSPS) is 19.0. The van der Waals surface area contributed by atoms with Gasteiger partial charge in [-0.1, -0.05) is 12.1 Å². The highest BCUT2D eigenvalue weighted by Gasteiger charge is 2.31. The second-order valence-electron chi connectivity index (χ2n) is 4.95. The zero-order valence-electron chi connectivity index (χ0n) is 11.2. The molecule has 1 aliphatic rings. The fourth-order valence-corrected chi connectivity index (χ4v) is 4.26. The van der Waals surface area contributed by atoms with Gasteiger partial charge in [0.2, 0.25) is 0 Å². The zero-order valence-corrected chi connectivity index (χ0v) is 12.1. The molecule has 1 aromatic heterocycles. The Bertz CT molecular complexity index is 823. The molecule has 0 fully saturated rings. The van der Waals surface area contributed by atoms with Gasteiger partial charge in [0.05, 0.1) is 17.4 Å². The number of aliphatic carboxylic acids is 1. The monoisotopic (exact) mass is 305 g/mol. The van der Waals surface area contributed by atoms with Crippen molar-refractivity contribution in [2.24, 2.45) is 0 Å². The number of nitrogens with one attached hydrogen (secondary N) is 1. The summed E-state index contributed by atoms with van der Waals surface area (Å²) in [4.78, 5) is 11.1. The molecule has 1 unspecified atom stereocenters.